The quantitative estimate of drug-likeness (QED) is 0.832. The molecule has 102 valence electrons. The molecule has 0 aromatic heterocycles. The first kappa shape index (κ1) is 14.0. The summed E-state index contributed by atoms with van der Waals surface area (Å²) in [6, 6.07) is 12.6. The van der Waals surface area contributed by atoms with Crippen molar-refractivity contribution in [2.45, 2.75) is 25.3 Å². The molecule has 0 radical (unpaired) electrons. The maximum atomic E-state index is 9.41. The molecular weight excluding hydrogens is 234 g/mol. The largest absolute Gasteiger partial charge is 0.299 e. The van der Waals surface area contributed by atoms with E-state index in [2.05, 4.69) is 48.9 Å². The Labute approximate surface area is 116 Å². The first-order valence-electron chi connectivity index (χ1n) is 6.91. The molecule has 0 N–H and O–H groups in total. The zero-order valence-electron chi connectivity index (χ0n) is 12.1. The molecule has 1 unspecified atom stereocenters. The Bertz CT molecular complexity index is 447. The van der Waals surface area contributed by atoms with Crippen LogP contribution in [0.5, 0.6) is 0 Å². The molecule has 0 bridgehead atoms. The van der Waals surface area contributed by atoms with Gasteiger partial charge < -0.3 is 0 Å². The number of likely N-dealkylation sites (N-methyl/N-ethyl adjacent to an activating group) is 1. The Balaban J connectivity index is 2.03. The van der Waals surface area contributed by atoms with Crippen molar-refractivity contribution in [3.63, 3.8) is 0 Å². The average Bonchev–Trinajstić information content (AvgIpc) is 2.41. The number of rotatable bonds is 3. The standard InChI is InChI=1S/C16H23N3/c1-16(2)13-19(10-9-18(16)3)12-15(11-17)14-7-5-4-6-8-14/h4-8,15H,9-10,12-13H2,1-3H3. The minimum absolute atomic E-state index is 0.0274. The molecule has 1 saturated heterocycles. The van der Waals surface area contributed by atoms with Gasteiger partial charge in [0.05, 0.1) is 12.0 Å². The van der Waals surface area contributed by atoms with E-state index in [0.717, 1.165) is 31.7 Å². The topological polar surface area (TPSA) is 30.3 Å². The van der Waals surface area contributed by atoms with Gasteiger partial charge in [-0.2, -0.15) is 5.26 Å². The van der Waals surface area contributed by atoms with Crippen LogP contribution < -0.4 is 0 Å². The summed E-state index contributed by atoms with van der Waals surface area (Å²) in [4.78, 5) is 4.81. The van der Waals surface area contributed by atoms with E-state index in [1.165, 1.54) is 0 Å². The van der Waals surface area contributed by atoms with Crippen LogP contribution in [0, 0.1) is 11.3 Å². The molecule has 1 aromatic carbocycles. The van der Waals surface area contributed by atoms with Crippen molar-refractivity contribution in [1.82, 2.24) is 9.80 Å². The van der Waals surface area contributed by atoms with Gasteiger partial charge in [0.25, 0.3) is 0 Å². The first-order chi connectivity index (χ1) is 9.03. The molecule has 1 aliphatic rings. The normalized spacial score (nSPS) is 21.8. The maximum absolute atomic E-state index is 9.41. The zero-order valence-corrected chi connectivity index (χ0v) is 12.1. The lowest BCUT2D eigenvalue weighted by Crippen LogP contribution is -2.58. The third-order valence-electron chi connectivity index (χ3n) is 4.19. The van der Waals surface area contributed by atoms with E-state index in [-0.39, 0.29) is 11.5 Å². The van der Waals surface area contributed by atoms with Crippen molar-refractivity contribution in [2.24, 2.45) is 0 Å². The van der Waals surface area contributed by atoms with E-state index in [1.807, 2.05) is 18.2 Å². The predicted octanol–water partition coefficient (Wildman–Crippen LogP) is 2.32. The summed E-state index contributed by atoms with van der Waals surface area (Å²) in [6.07, 6.45) is 0. The van der Waals surface area contributed by atoms with Crippen LogP contribution in [-0.4, -0.2) is 48.6 Å². The van der Waals surface area contributed by atoms with Crippen LogP contribution in [0.4, 0.5) is 0 Å². The van der Waals surface area contributed by atoms with E-state index < -0.39 is 0 Å². The molecule has 0 saturated carbocycles. The first-order valence-corrected chi connectivity index (χ1v) is 6.91. The van der Waals surface area contributed by atoms with Crippen LogP contribution in [0.3, 0.4) is 0 Å². The van der Waals surface area contributed by atoms with Crippen molar-refractivity contribution >= 4 is 0 Å². The van der Waals surface area contributed by atoms with E-state index in [1.54, 1.807) is 0 Å². The summed E-state index contributed by atoms with van der Waals surface area (Å²) in [5.41, 5.74) is 1.32. The fourth-order valence-electron chi connectivity index (χ4n) is 2.66. The Hall–Kier alpha value is -1.37. The molecule has 0 spiro atoms. The summed E-state index contributed by atoms with van der Waals surface area (Å²) in [5, 5.41) is 9.41. The minimum atomic E-state index is -0.0274. The summed E-state index contributed by atoms with van der Waals surface area (Å²) < 4.78 is 0. The minimum Gasteiger partial charge on any atom is -0.299 e. The second-order valence-electron chi connectivity index (χ2n) is 6.06. The van der Waals surface area contributed by atoms with Crippen LogP contribution in [0.25, 0.3) is 0 Å². The third-order valence-corrected chi connectivity index (χ3v) is 4.19. The van der Waals surface area contributed by atoms with Crippen LogP contribution in [0.15, 0.2) is 30.3 Å². The second kappa shape index (κ2) is 5.73. The number of nitriles is 1. The van der Waals surface area contributed by atoms with Crippen molar-refractivity contribution in [3.05, 3.63) is 35.9 Å². The molecule has 3 heteroatoms. The number of hydrogen-bond acceptors (Lipinski definition) is 3. The van der Waals surface area contributed by atoms with Crippen LogP contribution >= 0.6 is 0 Å². The van der Waals surface area contributed by atoms with Crippen molar-refractivity contribution in [2.75, 3.05) is 33.2 Å². The molecular formula is C16H23N3. The van der Waals surface area contributed by atoms with Crippen LogP contribution in [0.1, 0.15) is 25.3 Å². The smallest absolute Gasteiger partial charge is 0.0839 e. The van der Waals surface area contributed by atoms with Gasteiger partial charge >= 0.3 is 0 Å². The van der Waals surface area contributed by atoms with Crippen molar-refractivity contribution in [3.8, 4) is 6.07 Å². The Morgan fingerprint density at radius 1 is 1.26 bits per heavy atom. The Morgan fingerprint density at radius 2 is 1.95 bits per heavy atom. The number of piperazine rings is 1. The van der Waals surface area contributed by atoms with Crippen molar-refractivity contribution in [1.29, 1.82) is 5.26 Å². The monoisotopic (exact) mass is 257 g/mol. The van der Waals surface area contributed by atoms with Gasteiger partial charge in [-0.25, -0.2) is 0 Å². The highest BCUT2D eigenvalue weighted by atomic mass is 15.3. The van der Waals surface area contributed by atoms with Gasteiger partial charge in [-0.15, -0.1) is 0 Å². The molecule has 3 nitrogen and oxygen atoms in total. The van der Waals surface area contributed by atoms with E-state index in [0.29, 0.717) is 0 Å². The molecule has 19 heavy (non-hydrogen) atoms. The average molecular weight is 257 g/mol. The Kier molecular flexibility index (Phi) is 4.24. The number of nitrogens with zero attached hydrogens (tertiary/aromatic N) is 3. The lowest BCUT2D eigenvalue weighted by molar-refractivity contribution is 0.0391. The van der Waals surface area contributed by atoms with E-state index in [4.69, 9.17) is 0 Å². The van der Waals surface area contributed by atoms with Gasteiger partial charge in [-0.05, 0) is 26.5 Å². The summed E-state index contributed by atoms with van der Waals surface area (Å²) >= 11 is 0. The highest BCUT2D eigenvalue weighted by molar-refractivity contribution is 5.25. The molecule has 1 atom stereocenters. The summed E-state index contributed by atoms with van der Waals surface area (Å²) in [7, 11) is 2.18. The second-order valence-corrected chi connectivity index (χ2v) is 6.06. The molecule has 1 aliphatic heterocycles. The predicted molar refractivity (Wildman–Crippen MR) is 77.9 cm³/mol. The van der Waals surface area contributed by atoms with Gasteiger partial charge in [0.15, 0.2) is 0 Å². The zero-order chi connectivity index (χ0) is 13.9. The van der Waals surface area contributed by atoms with E-state index in [9.17, 15) is 5.26 Å². The summed E-state index contributed by atoms with van der Waals surface area (Å²) in [5.74, 6) is -0.0274. The molecule has 2 rings (SSSR count). The van der Waals surface area contributed by atoms with Gasteiger partial charge in [0.1, 0.15) is 0 Å². The highest BCUT2D eigenvalue weighted by Crippen LogP contribution is 2.22. The molecule has 0 amide bonds. The van der Waals surface area contributed by atoms with Crippen molar-refractivity contribution < 1.29 is 0 Å². The molecule has 0 aliphatic carbocycles. The fourth-order valence-corrected chi connectivity index (χ4v) is 2.66. The number of benzene rings is 1. The fraction of sp³-hybridized carbons (Fsp3) is 0.562. The lowest BCUT2D eigenvalue weighted by Gasteiger charge is -2.45. The van der Waals surface area contributed by atoms with Crippen LogP contribution in [0.2, 0.25) is 0 Å². The van der Waals surface area contributed by atoms with Gasteiger partial charge in [-0.1, -0.05) is 30.3 Å². The molecule has 1 heterocycles. The maximum Gasteiger partial charge on any atom is 0.0839 e. The van der Waals surface area contributed by atoms with Gasteiger partial charge in [0.2, 0.25) is 0 Å². The SMILES string of the molecule is CN1CCN(CC(C#N)c2ccccc2)CC1(C)C. The van der Waals surface area contributed by atoms with E-state index >= 15 is 0 Å². The number of hydrogen-bond donors (Lipinski definition) is 0. The summed E-state index contributed by atoms with van der Waals surface area (Å²) in [6.45, 7) is 8.50. The Morgan fingerprint density at radius 3 is 2.53 bits per heavy atom. The molecule has 1 aromatic rings. The third kappa shape index (κ3) is 3.34. The highest BCUT2D eigenvalue weighted by Gasteiger charge is 2.31. The lowest BCUT2D eigenvalue weighted by atomic mass is 9.96. The molecule has 1 fully saturated rings. The van der Waals surface area contributed by atoms with Crippen LogP contribution in [-0.2, 0) is 0 Å². The van der Waals surface area contributed by atoms with Gasteiger partial charge in [-0.3, -0.25) is 9.80 Å². The van der Waals surface area contributed by atoms with Gasteiger partial charge in [0, 0.05) is 31.7 Å².